The standard InChI is InChI=1S/C65H67BN2O/c1-60(2,3)38-22-24-39(25-23-38)68-53-37-56-44(42-19-15-17-21-55(42)69-56)33-43(53)46-34-45-41-18-14-16-20-47(41)65(12,13)57(45)59-58(46)66(68)52-35-50-51(64(10,11)31-30-63(50,8)9)36-54(52)67(59)40-26-27-48-49(32-40)62(6,7)29-28-61(48,4)5/h14-27,32-37H,28-31H2,1-13H3. The third-order valence-electron chi connectivity index (χ3n) is 18.3. The van der Waals surface area contributed by atoms with Gasteiger partial charge in [-0.05, 0) is 168 Å². The molecule has 0 unspecified atom stereocenters. The van der Waals surface area contributed by atoms with Crippen LogP contribution in [0.15, 0.2) is 126 Å². The van der Waals surface area contributed by atoms with Crippen molar-refractivity contribution in [3.63, 3.8) is 0 Å². The Morgan fingerprint density at radius 3 is 1.78 bits per heavy atom. The molecule has 3 heterocycles. The van der Waals surface area contributed by atoms with Gasteiger partial charge >= 0.3 is 6.85 Å². The summed E-state index contributed by atoms with van der Waals surface area (Å²) in [4.78, 5) is 5.49. The third-order valence-corrected chi connectivity index (χ3v) is 18.3. The first-order valence-electron chi connectivity index (χ1n) is 25.9. The average molecular weight is 903 g/mol. The van der Waals surface area contributed by atoms with Crippen LogP contribution in [-0.2, 0) is 32.5 Å². The minimum absolute atomic E-state index is 0.0154. The van der Waals surface area contributed by atoms with E-state index in [1.54, 1.807) is 0 Å². The van der Waals surface area contributed by atoms with E-state index in [1.165, 1.54) is 113 Å². The second-order valence-electron chi connectivity index (χ2n) is 25.9. The van der Waals surface area contributed by atoms with Gasteiger partial charge in [-0.25, -0.2) is 0 Å². The number of benzene rings is 7. The summed E-state index contributed by atoms with van der Waals surface area (Å²) in [5, 5.41) is 2.31. The van der Waals surface area contributed by atoms with Crippen LogP contribution in [0.4, 0.5) is 28.4 Å². The van der Waals surface area contributed by atoms with Gasteiger partial charge in [0.15, 0.2) is 0 Å². The quantitative estimate of drug-likeness (QED) is 0.161. The van der Waals surface area contributed by atoms with Crippen LogP contribution in [0, 0.1) is 0 Å². The van der Waals surface area contributed by atoms with E-state index in [1.807, 2.05) is 0 Å². The maximum atomic E-state index is 6.82. The molecule has 0 bridgehead atoms. The first kappa shape index (κ1) is 43.1. The Morgan fingerprint density at radius 1 is 0.478 bits per heavy atom. The summed E-state index contributed by atoms with van der Waals surface area (Å²) >= 11 is 0. The molecular weight excluding hydrogens is 836 g/mol. The van der Waals surface area contributed by atoms with Gasteiger partial charge in [0.1, 0.15) is 11.2 Å². The molecule has 0 radical (unpaired) electrons. The highest BCUT2D eigenvalue weighted by molar-refractivity contribution is 6.93. The Labute approximate surface area is 411 Å². The number of fused-ring (bicyclic) bond motifs is 13. The first-order valence-corrected chi connectivity index (χ1v) is 25.9. The van der Waals surface area contributed by atoms with Crippen LogP contribution in [0.1, 0.15) is 155 Å². The van der Waals surface area contributed by atoms with Crippen molar-refractivity contribution >= 4 is 68.1 Å². The van der Waals surface area contributed by atoms with Gasteiger partial charge in [0.05, 0.1) is 0 Å². The molecule has 0 atom stereocenters. The fourth-order valence-electron chi connectivity index (χ4n) is 13.9. The highest BCUT2D eigenvalue weighted by Crippen LogP contribution is 2.60. The minimum atomic E-state index is -0.272. The topological polar surface area (TPSA) is 19.6 Å². The van der Waals surface area contributed by atoms with Gasteiger partial charge < -0.3 is 14.1 Å². The third kappa shape index (κ3) is 5.87. The largest absolute Gasteiger partial charge is 0.456 e. The summed E-state index contributed by atoms with van der Waals surface area (Å²) in [6.07, 6.45) is 4.67. The first-order chi connectivity index (χ1) is 32.6. The molecule has 0 spiro atoms. The Balaban J connectivity index is 1.23. The predicted octanol–water partition coefficient (Wildman–Crippen LogP) is 16.6. The fraction of sp³-hybridized carbons (Fsp3) is 0.354. The van der Waals surface area contributed by atoms with Crippen LogP contribution in [0.3, 0.4) is 0 Å². The van der Waals surface area contributed by atoms with Crippen molar-refractivity contribution in [1.29, 1.82) is 0 Å². The molecular formula is C65H67BN2O. The number of hydrogen-bond acceptors (Lipinski definition) is 3. The van der Waals surface area contributed by atoms with Crippen LogP contribution in [-0.4, -0.2) is 6.85 Å². The summed E-state index contributed by atoms with van der Waals surface area (Å²) in [6.45, 7) is 31.6. The maximum absolute atomic E-state index is 6.82. The molecule has 0 N–H and O–H groups in total. The number of para-hydroxylation sites is 1. The van der Waals surface area contributed by atoms with E-state index in [4.69, 9.17) is 4.42 Å². The van der Waals surface area contributed by atoms with E-state index >= 15 is 0 Å². The Hall–Kier alpha value is -6.00. The van der Waals surface area contributed by atoms with Crippen molar-refractivity contribution in [1.82, 2.24) is 0 Å². The molecule has 0 fully saturated rings. The summed E-state index contributed by atoms with van der Waals surface area (Å²) in [7, 11) is 0. The Kier molecular flexibility index (Phi) is 8.52. The summed E-state index contributed by atoms with van der Waals surface area (Å²) in [6, 6.07) is 47.8. The van der Waals surface area contributed by atoms with E-state index in [0.29, 0.717) is 0 Å². The molecule has 0 amide bonds. The van der Waals surface area contributed by atoms with E-state index in [0.717, 1.165) is 34.8 Å². The molecule has 0 saturated heterocycles. The zero-order valence-corrected chi connectivity index (χ0v) is 43.3. The molecule has 3 aliphatic carbocycles. The molecule has 8 aromatic rings. The van der Waals surface area contributed by atoms with Crippen molar-refractivity contribution in [3.05, 3.63) is 160 Å². The van der Waals surface area contributed by atoms with Gasteiger partial charge in [-0.2, -0.15) is 0 Å². The maximum Gasteiger partial charge on any atom is 0.333 e. The average Bonchev–Trinajstić information content (AvgIpc) is 3.79. The Morgan fingerprint density at radius 2 is 1.09 bits per heavy atom. The monoisotopic (exact) mass is 903 g/mol. The molecule has 346 valence electrons. The van der Waals surface area contributed by atoms with Crippen LogP contribution in [0.2, 0.25) is 0 Å². The SMILES string of the molecule is CC(C)(C)c1ccc(N2B3c4cc5c(cc4N(c4ccc6c(c4)C(C)(C)CCC6(C)C)c4c3c(cc3c4C(C)(C)c4ccccc4-3)-c3cc4c(cc32)oc2ccccc24)C(C)(C)CCC5(C)C)cc1. The van der Waals surface area contributed by atoms with Crippen LogP contribution < -0.4 is 20.6 Å². The smallest absolute Gasteiger partial charge is 0.333 e. The van der Waals surface area contributed by atoms with E-state index in [9.17, 15) is 0 Å². The highest BCUT2D eigenvalue weighted by Gasteiger charge is 2.52. The molecule has 0 saturated carbocycles. The molecule has 4 heteroatoms. The van der Waals surface area contributed by atoms with Crippen LogP contribution >= 0.6 is 0 Å². The van der Waals surface area contributed by atoms with Gasteiger partial charge in [-0.1, -0.05) is 157 Å². The zero-order chi connectivity index (χ0) is 48.1. The molecule has 7 aromatic carbocycles. The van der Waals surface area contributed by atoms with Crippen molar-refractivity contribution in [2.75, 3.05) is 9.71 Å². The van der Waals surface area contributed by atoms with Crippen molar-refractivity contribution in [2.24, 2.45) is 0 Å². The van der Waals surface area contributed by atoms with Crippen molar-refractivity contribution in [2.45, 2.75) is 148 Å². The van der Waals surface area contributed by atoms with Gasteiger partial charge in [-0.15, -0.1) is 0 Å². The lowest BCUT2D eigenvalue weighted by atomic mass is 9.42. The predicted molar refractivity (Wildman–Crippen MR) is 294 cm³/mol. The summed E-state index contributed by atoms with van der Waals surface area (Å²) in [5.74, 6) is 0. The van der Waals surface area contributed by atoms with Gasteiger partial charge in [0, 0.05) is 56.3 Å². The number of nitrogens with zero attached hydrogens (tertiary/aromatic N) is 2. The molecule has 13 rings (SSSR count). The summed E-state index contributed by atoms with van der Waals surface area (Å²) < 4.78 is 6.82. The van der Waals surface area contributed by atoms with Crippen molar-refractivity contribution in [3.8, 4) is 22.3 Å². The van der Waals surface area contributed by atoms with E-state index in [2.05, 4.69) is 221 Å². The molecule has 69 heavy (non-hydrogen) atoms. The second kappa shape index (κ2) is 13.7. The number of rotatable bonds is 2. The number of hydrogen-bond donors (Lipinski definition) is 0. The lowest BCUT2D eigenvalue weighted by Gasteiger charge is -2.50. The van der Waals surface area contributed by atoms with Crippen LogP contribution in [0.25, 0.3) is 44.2 Å². The zero-order valence-electron chi connectivity index (χ0n) is 43.3. The lowest BCUT2D eigenvalue weighted by Crippen LogP contribution is -2.62. The molecule has 3 nitrogen and oxygen atoms in total. The lowest BCUT2D eigenvalue weighted by molar-refractivity contribution is 0.332. The summed E-state index contributed by atoms with van der Waals surface area (Å²) in [5.41, 5.74) is 26.2. The fourth-order valence-corrected chi connectivity index (χ4v) is 13.9. The molecule has 1 aromatic heterocycles. The number of furan rings is 1. The molecule has 5 aliphatic rings. The molecule has 2 aliphatic heterocycles. The number of anilines is 5. The van der Waals surface area contributed by atoms with Gasteiger partial charge in [0.25, 0.3) is 0 Å². The van der Waals surface area contributed by atoms with Crippen molar-refractivity contribution < 1.29 is 4.42 Å². The normalized spacial score (nSPS) is 19.3. The Bertz CT molecular complexity index is 3530. The van der Waals surface area contributed by atoms with E-state index < -0.39 is 0 Å². The van der Waals surface area contributed by atoms with Gasteiger partial charge in [0.2, 0.25) is 0 Å². The van der Waals surface area contributed by atoms with Gasteiger partial charge in [-0.3, -0.25) is 0 Å². The van der Waals surface area contributed by atoms with Crippen LogP contribution in [0.5, 0.6) is 0 Å². The second-order valence-corrected chi connectivity index (χ2v) is 25.9. The highest BCUT2D eigenvalue weighted by atomic mass is 16.3. The minimum Gasteiger partial charge on any atom is -0.456 e. The van der Waals surface area contributed by atoms with E-state index in [-0.39, 0.29) is 39.3 Å².